The molecule has 1 heterocycles. The lowest BCUT2D eigenvalue weighted by atomic mass is 10.1. The molecule has 1 saturated heterocycles. The monoisotopic (exact) mass is 420 g/mol. The summed E-state index contributed by atoms with van der Waals surface area (Å²) in [6, 6.07) is 12.0. The SMILES string of the molecule is CC1CN(C(=O)c2ccc(CNC(=O)c3cc(Cl)ccc3Cl)cc2)CC(C)O1. The average Bonchev–Trinajstić information content (AvgIpc) is 2.67. The van der Waals surface area contributed by atoms with E-state index in [2.05, 4.69) is 5.32 Å². The van der Waals surface area contributed by atoms with Crippen LogP contribution < -0.4 is 5.32 Å². The zero-order valence-electron chi connectivity index (χ0n) is 15.7. The van der Waals surface area contributed by atoms with Crippen LogP contribution in [0.3, 0.4) is 0 Å². The molecule has 0 bridgehead atoms. The maximum Gasteiger partial charge on any atom is 0.254 e. The zero-order valence-corrected chi connectivity index (χ0v) is 17.3. The molecule has 1 aliphatic rings. The second-order valence-corrected chi connectivity index (χ2v) is 7.81. The fourth-order valence-corrected chi connectivity index (χ4v) is 3.62. The molecular formula is C21H22Cl2N2O3. The molecule has 28 heavy (non-hydrogen) atoms. The lowest BCUT2D eigenvalue weighted by Crippen LogP contribution is -2.48. The zero-order chi connectivity index (χ0) is 20.3. The Labute approximate surface area is 174 Å². The van der Waals surface area contributed by atoms with Crippen molar-refractivity contribution in [2.45, 2.75) is 32.6 Å². The van der Waals surface area contributed by atoms with Gasteiger partial charge in [-0.3, -0.25) is 9.59 Å². The van der Waals surface area contributed by atoms with Crippen molar-refractivity contribution in [2.75, 3.05) is 13.1 Å². The van der Waals surface area contributed by atoms with Crippen molar-refractivity contribution in [1.82, 2.24) is 10.2 Å². The fourth-order valence-electron chi connectivity index (χ4n) is 3.24. The molecule has 2 atom stereocenters. The molecule has 0 aromatic heterocycles. The highest BCUT2D eigenvalue weighted by molar-refractivity contribution is 6.35. The van der Waals surface area contributed by atoms with Gasteiger partial charge in [0.2, 0.25) is 0 Å². The van der Waals surface area contributed by atoms with E-state index in [0.29, 0.717) is 40.8 Å². The number of amides is 2. The molecule has 0 radical (unpaired) electrons. The smallest absolute Gasteiger partial charge is 0.254 e. The number of nitrogens with one attached hydrogen (secondary N) is 1. The Hall–Kier alpha value is -2.08. The van der Waals surface area contributed by atoms with Gasteiger partial charge in [-0.15, -0.1) is 0 Å². The first kappa shape index (κ1) is 20.6. The Morgan fingerprint density at radius 1 is 1.07 bits per heavy atom. The lowest BCUT2D eigenvalue weighted by molar-refractivity contribution is -0.0586. The van der Waals surface area contributed by atoms with Crippen molar-refractivity contribution in [3.63, 3.8) is 0 Å². The first-order valence-corrected chi connectivity index (χ1v) is 9.86. The second-order valence-electron chi connectivity index (χ2n) is 6.97. The molecule has 2 aromatic rings. The summed E-state index contributed by atoms with van der Waals surface area (Å²) < 4.78 is 5.68. The number of carbonyl (C=O) groups excluding carboxylic acids is 2. The van der Waals surface area contributed by atoms with Gasteiger partial charge >= 0.3 is 0 Å². The molecule has 2 unspecified atom stereocenters. The molecule has 0 spiro atoms. The number of ether oxygens (including phenoxy) is 1. The highest BCUT2D eigenvalue weighted by Crippen LogP contribution is 2.20. The Bertz CT molecular complexity index is 860. The van der Waals surface area contributed by atoms with E-state index in [0.717, 1.165) is 5.56 Å². The molecular weight excluding hydrogens is 399 g/mol. The van der Waals surface area contributed by atoms with Crippen LogP contribution in [0.5, 0.6) is 0 Å². The lowest BCUT2D eigenvalue weighted by Gasteiger charge is -2.35. The van der Waals surface area contributed by atoms with Gasteiger partial charge in [-0.2, -0.15) is 0 Å². The van der Waals surface area contributed by atoms with Crippen LogP contribution in [-0.2, 0) is 11.3 Å². The third-order valence-electron chi connectivity index (χ3n) is 4.53. The number of nitrogens with zero attached hydrogens (tertiary/aromatic N) is 1. The first-order valence-electron chi connectivity index (χ1n) is 9.10. The van der Waals surface area contributed by atoms with E-state index < -0.39 is 0 Å². The van der Waals surface area contributed by atoms with Crippen LogP contribution in [0.2, 0.25) is 10.0 Å². The minimum Gasteiger partial charge on any atom is -0.372 e. The van der Waals surface area contributed by atoms with Gasteiger partial charge in [0.05, 0.1) is 22.8 Å². The van der Waals surface area contributed by atoms with E-state index in [1.165, 1.54) is 6.07 Å². The van der Waals surface area contributed by atoms with E-state index in [-0.39, 0.29) is 24.0 Å². The van der Waals surface area contributed by atoms with Crippen molar-refractivity contribution in [3.8, 4) is 0 Å². The van der Waals surface area contributed by atoms with Crippen molar-refractivity contribution >= 4 is 35.0 Å². The molecule has 3 rings (SSSR count). The second kappa shape index (κ2) is 8.95. The highest BCUT2D eigenvalue weighted by Gasteiger charge is 2.26. The summed E-state index contributed by atoms with van der Waals surface area (Å²) in [5.74, 6) is -0.313. The minimum absolute atomic E-state index is 0.0108. The molecule has 1 N–H and O–H groups in total. The summed E-state index contributed by atoms with van der Waals surface area (Å²) in [7, 11) is 0. The van der Waals surface area contributed by atoms with Gasteiger partial charge in [-0.25, -0.2) is 0 Å². The summed E-state index contributed by atoms with van der Waals surface area (Å²) >= 11 is 12.0. The molecule has 5 nitrogen and oxygen atoms in total. The number of halogens is 2. The molecule has 1 fully saturated rings. The molecule has 7 heteroatoms. The van der Waals surface area contributed by atoms with Crippen molar-refractivity contribution < 1.29 is 14.3 Å². The van der Waals surface area contributed by atoms with Crippen molar-refractivity contribution in [2.24, 2.45) is 0 Å². The largest absolute Gasteiger partial charge is 0.372 e. The number of benzene rings is 2. The number of rotatable bonds is 4. The van der Waals surface area contributed by atoms with E-state index in [9.17, 15) is 9.59 Å². The average molecular weight is 421 g/mol. The van der Waals surface area contributed by atoms with Gasteiger partial charge in [0, 0.05) is 30.2 Å². The van der Waals surface area contributed by atoms with Crippen LogP contribution in [0.4, 0.5) is 0 Å². The quantitative estimate of drug-likeness (QED) is 0.806. The van der Waals surface area contributed by atoms with Crippen LogP contribution in [0.15, 0.2) is 42.5 Å². The van der Waals surface area contributed by atoms with Crippen molar-refractivity contribution in [3.05, 3.63) is 69.2 Å². The fraction of sp³-hybridized carbons (Fsp3) is 0.333. The van der Waals surface area contributed by atoms with Gasteiger partial charge in [-0.05, 0) is 49.7 Å². The number of morpholine rings is 1. The van der Waals surface area contributed by atoms with Gasteiger partial charge in [0.25, 0.3) is 11.8 Å². The molecule has 2 aromatic carbocycles. The van der Waals surface area contributed by atoms with Crippen LogP contribution in [0.25, 0.3) is 0 Å². The maximum absolute atomic E-state index is 12.7. The number of hydrogen-bond donors (Lipinski definition) is 1. The van der Waals surface area contributed by atoms with Crippen LogP contribution in [0.1, 0.15) is 40.1 Å². The Morgan fingerprint density at radius 3 is 2.36 bits per heavy atom. The van der Waals surface area contributed by atoms with Crippen LogP contribution in [0, 0.1) is 0 Å². The summed E-state index contributed by atoms with van der Waals surface area (Å²) in [4.78, 5) is 26.8. The van der Waals surface area contributed by atoms with E-state index in [1.54, 1.807) is 24.3 Å². The Kier molecular flexibility index (Phi) is 6.60. The summed E-state index contributed by atoms with van der Waals surface area (Å²) in [6.45, 7) is 5.42. The molecule has 2 amide bonds. The third kappa shape index (κ3) is 5.04. The molecule has 148 valence electrons. The van der Waals surface area contributed by atoms with Crippen LogP contribution >= 0.6 is 23.2 Å². The summed E-state index contributed by atoms with van der Waals surface area (Å²) in [5.41, 5.74) is 1.83. The standard InChI is InChI=1S/C21H22Cl2N2O3/c1-13-11-25(12-14(2)28-13)21(27)16-5-3-15(4-6-16)10-24-20(26)18-9-17(22)7-8-19(18)23/h3-9,13-14H,10-12H2,1-2H3,(H,24,26). The summed E-state index contributed by atoms with van der Waals surface area (Å²) in [5, 5.41) is 3.61. The van der Waals surface area contributed by atoms with Gasteiger partial charge in [0.1, 0.15) is 0 Å². The van der Waals surface area contributed by atoms with Gasteiger partial charge in [-0.1, -0.05) is 35.3 Å². The number of hydrogen-bond acceptors (Lipinski definition) is 3. The Morgan fingerprint density at radius 2 is 1.71 bits per heavy atom. The van der Waals surface area contributed by atoms with Crippen molar-refractivity contribution in [1.29, 1.82) is 0 Å². The van der Waals surface area contributed by atoms with Gasteiger partial charge < -0.3 is 15.0 Å². The summed E-state index contributed by atoms with van der Waals surface area (Å²) in [6.07, 6.45) is 0.0565. The normalized spacial score (nSPS) is 19.4. The number of carbonyl (C=O) groups is 2. The van der Waals surface area contributed by atoms with Gasteiger partial charge in [0.15, 0.2) is 0 Å². The maximum atomic E-state index is 12.7. The highest BCUT2D eigenvalue weighted by atomic mass is 35.5. The molecule has 0 saturated carbocycles. The molecule has 1 aliphatic heterocycles. The first-order chi connectivity index (χ1) is 13.3. The third-order valence-corrected chi connectivity index (χ3v) is 5.10. The predicted octanol–water partition coefficient (Wildman–Crippen LogP) is 4.17. The minimum atomic E-state index is -0.302. The Balaban J connectivity index is 1.60. The van der Waals surface area contributed by atoms with E-state index in [1.807, 2.05) is 30.9 Å². The van der Waals surface area contributed by atoms with E-state index >= 15 is 0 Å². The topological polar surface area (TPSA) is 58.6 Å². The predicted molar refractivity (Wildman–Crippen MR) is 110 cm³/mol. The molecule has 0 aliphatic carbocycles. The van der Waals surface area contributed by atoms with Crippen LogP contribution in [-0.4, -0.2) is 42.0 Å². The van der Waals surface area contributed by atoms with E-state index in [4.69, 9.17) is 27.9 Å².